The zero-order valence-electron chi connectivity index (χ0n) is 16.4. The molecule has 0 heterocycles. The molecule has 0 radical (unpaired) electrons. The first-order valence-corrected chi connectivity index (χ1v) is 9.66. The van der Waals surface area contributed by atoms with E-state index in [-0.39, 0.29) is 11.8 Å². The van der Waals surface area contributed by atoms with Crippen molar-refractivity contribution in [2.24, 2.45) is 5.92 Å². The van der Waals surface area contributed by atoms with E-state index < -0.39 is 12.1 Å². The molecular formula is C25H27NO2. The van der Waals surface area contributed by atoms with Gasteiger partial charge in [0.1, 0.15) is 6.10 Å². The smallest absolute Gasteiger partial charge is 0.226 e. The summed E-state index contributed by atoms with van der Waals surface area (Å²) in [4.78, 5) is 14.9. The molecule has 144 valence electrons. The molecule has 3 nitrogen and oxygen atoms in total. The minimum Gasteiger partial charge on any atom is -0.386 e. The highest BCUT2D eigenvalue weighted by Crippen LogP contribution is 2.34. The molecule has 0 saturated heterocycles. The molecule has 0 aliphatic carbocycles. The molecule has 3 aromatic carbocycles. The highest BCUT2D eigenvalue weighted by atomic mass is 16.3. The summed E-state index contributed by atoms with van der Waals surface area (Å²) in [5.74, 6) is -0.158. The Morgan fingerprint density at radius 2 is 1.29 bits per heavy atom. The molecule has 28 heavy (non-hydrogen) atoms. The monoisotopic (exact) mass is 373 g/mol. The van der Waals surface area contributed by atoms with Gasteiger partial charge in [-0.3, -0.25) is 4.79 Å². The van der Waals surface area contributed by atoms with E-state index in [0.29, 0.717) is 6.42 Å². The Bertz CT molecular complexity index is 865. The van der Waals surface area contributed by atoms with Crippen molar-refractivity contribution in [1.29, 1.82) is 0 Å². The molecule has 0 fully saturated rings. The molecule has 3 aromatic rings. The second-order valence-corrected chi connectivity index (χ2v) is 7.25. The summed E-state index contributed by atoms with van der Waals surface area (Å²) in [6.45, 7) is 1.95. The Hall–Kier alpha value is -2.91. The van der Waals surface area contributed by atoms with Gasteiger partial charge in [-0.2, -0.15) is 0 Å². The topological polar surface area (TPSA) is 40.5 Å². The summed E-state index contributed by atoms with van der Waals surface area (Å²) >= 11 is 0. The molecule has 0 aliphatic heterocycles. The number of likely N-dealkylation sites (N-methyl/N-ethyl adjacent to an activating group) is 1. The van der Waals surface area contributed by atoms with Crippen LogP contribution < -0.4 is 0 Å². The number of amides is 1. The maximum atomic E-state index is 13.2. The Morgan fingerprint density at radius 1 is 0.821 bits per heavy atom. The molecule has 3 heteroatoms. The Kier molecular flexibility index (Phi) is 6.62. The number of aliphatic hydroxyl groups excluding tert-OH is 1. The summed E-state index contributed by atoms with van der Waals surface area (Å²) in [7, 11) is 1.79. The summed E-state index contributed by atoms with van der Waals surface area (Å²) in [5.41, 5.74) is 2.85. The maximum Gasteiger partial charge on any atom is 0.226 e. The van der Waals surface area contributed by atoms with Crippen LogP contribution in [0.2, 0.25) is 0 Å². The van der Waals surface area contributed by atoms with Crippen LogP contribution in [0.4, 0.5) is 0 Å². The molecule has 0 saturated carbocycles. The summed E-state index contributed by atoms with van der Waals surface area (Å²) in [6, 6.07) is 28.8. The second-order valence-electron chi connectivity index (χ2n) is 7.25. The van der Waals surface area contributed by atoms with Gasteiger partial charge in [-0.25, -0.2) is 0 Å². The quantitative estimate of drug-likeness (QED) is 0.646. The maximum absolute atomic E-state index is 13.2. The molecule has 0 spiro atoms. The fourth-order valence-corrected chi connectivity index (χ4v) is 3.64. The molecule has 3 rings (SSSR count). The molecule has 1 N–H and O–H groups in total. The van der Waals surface area contributed by atoms with E-state index in [1.165, 1.54) is 0 Å². The molecule has 0 unspecified atom stereocenters. The Balaban J connectivity index is 1.85. The van der Waals surface area contributed by atoms with Gasteiger partial charge in [0.25, 0.3) is 0 Å². The van der Waals surface area contributed by atoms with E-state index in [0.717, 1.165) is 16.7 Å². The highest BCUT2D eigenvalue weighted by molar-refractivity contribution is 5.79. The summed E-state index contributed by atoms with van der Waals surface area (Å²) in [6.07, 6.45) is -0.131. The van der Waals surface area contributed by atoms with Gasteiger partial charge < -0.3 is 10.0 Å². The van der Waals surface area contributed by atoms with Crippen LogP contribution in [0.15, 0.2) is 91.0 Å². The van der Waals surface area contributed by atoms with Crippen molar-refractivity contribution in [1.82, 2.24) is 4.90 Å². The summed E-state index contributed by atoms with van der Waals surface area (Å²) in [5, 5.41) is 11.1. The van der Waals surface area contributed by atoms with Gasteiger partial charge in [-0.05, 0) is 23.1 Å². The predicted molar refractivity (Wildman–Crippen MR) is 113 cm³/mol. The zero-order valence-corrected chi connectivity index (χ0v) is 16.4. The number of carbonyl (C=O) groups excluding carboxylic acids is 1. The molecule has 0 aliphatic rings. The van der Waals surface area contributed by atoms with E-state index in [4.69, 9.17) is 0 Å². The lowest BCUT2D eigenvalue weighted by Crippen LogP contribution is -2.38. The molecule has 3 atom stereocenters. The minimum atomic E-state index is -0.804. The fourth-order valence-electron chi connectivity index (χ4n) is 3.64. The van der Waals surface area contributed by atoms with E-state index in [1.54, 1.807) is 11.9 Å². The number of aliphatic hydroxyl groups is 1. The summed E-state index contributed by atoms with van der Waals surface area (Å²) < 4.78 is 0. The van der Waals surface area contributed by atoms with Crippen molar-refractivity contribution < 1.29 is 9.90 Å². The Morgan fingerprint density at radius 3 is 1.82 bits per heavy atom. The minimum absolute atomic E-state index is 0.0210. The lowest BCUT2D eigenvalue weighted by molar-refractivity contribution is -0.138. The van der Waals surface area contributed by atoms with Crippen LogP contribution >= 0.6 is 0 Å². The van der Waals surface area contributed by atoms with Gasteiger partial charge in [0, 0.05) is 13.0 Å². The SMILES string of the molecule is C[C@@H](Cc1ccccc1)C(=O)N(C)[C@@H](c1ccccc1)[C@@H](O)c1ccccc1. The first-order chi connectivity index (χ1) is 13.6. The average Bonchev–Trinajstić information content (AvgIpc) is 2.75. The highest BCUT2D eigenvalue weighted by Gasteiger charge is 2.31. The number of benzene rings is 3. The van der Waals surface area contributed by atoms with Crippen LogP contribution in [0.3, 0.4) is 0 Å². The Labute approximate surface area is 167 Å². The number of nitrogens with zero attached hydrogens (tertiary/aromatic N) is 1. The van der Waals surface area contributed by atoms with Gasteiger partial charge >= 0.3 is 0 Å². The van der Waals surface area contributed by atoms with Crippen LogP contribution in [0.25, 0.3) is 0 Å². The van der Waals surface area contributed by atoms with Crippen LogP contribution in [-0.2, 0) is 11.2 Å². The number of hydrogen-bond donors (Lipinski definition) is 1. The normalized spacial score (nSPS) is 14.1. The number of rotatable bonds is 7. The number of hydrogen-bond acceptors (Lipinski definition) is 2. The lowest BCUT2D eigenvalue weighted by Gasteiger charge is -2.34. The first kappa shape index (κ1) is 19.8. The van der Waals surface area contributed by atoms with Gasteiger partial charge in [-0.1, -0.05) is 97.9 Å². The molecule has 1 amide bonds. The third kappa shape index (κ3) is 4.68. The standard InChI is InChI=1S/C25H27NO2/c1-19(18-20-12-6-3-7-13-20)25(28)26(2)23(21-14-8-4-9-15-21)24(27)22-16-10-5-11-17-22/h3-17,19,23-24,27H,18H2,1-2H3/t19-,23-,24-/m0/s1. The lowest BCUT2D eigenvalue weighted by atomic mass is 9.92. The van der Waals surface area contributed by atoms with E-state index in [9.17, 15) is 9.90 Å². The molecular weight excluding hydrogens is 346 g/mol. The van der Waals surface area contributed by atoms with Gasteiger partial charge in [-0.15, -0.1) is 0 Å². The third-order valence-corrected chi connectivity index (χ3v) is 5.15. The van der Waals surface area contributed by atoms with E-state index in [2.05, 4.69) is 0 Å². The molecule has 0 aromatic heterocycles. The van der Waals surface area contributed by atoms with Crippen LogP contribution in [0.5, 0.6) is 0 Å². The largest absolute Gasteiger partial charge is 0.386 e. The van der Waals surface area contributed by atoms with Gasteiger partial charge in [0.15, 0.2) is 0 Å². The molecule has 0 bridgehead atoms. The van der Waals surface area contributed by atoms with E-state index in [1.807, 2.05) is 97.9 Å². The second kappa shape index (κ2) is 9.34. The predicted octanol–water partition coefficient (Wildman–Crippen LogP) is 4.80. The zero-order chi connectivity index (χ0) is 19.9. The van der Waals surface area contributed by atoms with Crippen molar-refractivity contribution in [3.63, 3.8) is 0 Å². The van der Waals surface area contributed by atoms with E-state index >= 15 is 0 Å². The van der Waals surface area contributed by atoms with Crippen molar-refractivity contribution in [3.05, 3.63) is 108 Å². The third-order valence-electron chi connectivity index (χ3n) is 5.15. The van der Waals surface area contributed by atoms with Crippen molar-refractivity contribution in [2.45, 2.75) is 25.5 Å². The van der Waals surface area contributed by atoms with Crippen molar-refractivity contribution >= 4 is 5.91 Å². The first-order valence-electron chi connectivity index (χ1n) is 9.66. The average molecular weight is 373 g/mol. The fraction of sp³-hybridized carbons (Fsp3) is 0.240. The van der Waals surface area contributed by atoms with Crippen LogP contribution in [-0.4, -0.2) is 23.0 Å². The van der Waals surface area contributed by atoms with Gasteiger partial charge in [0.05, 0.1) is 6.04 Å². The van der Waals surface area contributed by atoms with Crippen molar-refractivity contribution in [2.75, 3.05) is 7.05 Å². The van der Waals surface area contributed by atoms with Gasteiger partial charge in [0.2, 0.25) is 5.91 Å². The number of carbonyl (C=O) groups is 1. The van der Waals surface area contributed by atoms with Crippen LogP contribution in [0, 0.1) is 5.92 Å². The van der Waals surface area contributed by atoms with Crippen molar-refractivity contribution in [3.8, 4) is 0 Å². The van der Waals surface area contributed by atoms with Crippen LogP contribution in [0.1, 0.15) is 35.8 Å².